The summed E-state index contributed by atoms with van der Waals surface area (Å²) in [7, 11) is -3.67. The molecule has 2 aromatic rings. The van der Waals surface area contributed by atoms with Crippen molar-refractivity contribution >= 4 is 10.0 Å². The van der Waals surface area contributed by atoms with Gasteiger partial charge < -0.3 is 4.74 Å². The molecule has 1 aliphatic heterocycles. The van der Waals surface area contributed by atoms with Crippen molar-refractivity contribution in [2.75, 3.05) is 0 Å². The zero-order valence-electron chi connectivity index (χ0n) is 13.1. The fourth-order valence-corrected chi connectivity index (χ4v) is 3.84. The Kier molecular flexibility index (Phi) is 4.13. The molecule has 23 heavy (non-hydrogen) atoms. The van der Waals surface area contributed by atoms with Crippen LogP contribution >= 0.6 is 0 Å². The summed E-state index contributed by atoms with van der Waals surface area (Å²) in [5.41, 5.74) is 0.805. The summed E-state index contributed by atoms with van der Waals surface area (Å²) in [6.45, 7) is 3.96. The molecule has 1 heterocycles. The molecular formula is C18H19NO3S. The maximum atomic E-state index is 13.0. The lowest BCUT2D eigenvalue weighted by atomic mass is 10.2. The highest BCUT2D eigenvalue weighted by Crippen LogP contribution is 2.38. The van der Waals surface area contributed by atoms with Gasteiger partial charge in [-0.15, -0.1) is 0 Å². The van der Waals surface area contributed by atoms with Crippen molar-refractivity contribution in [2.45, 2.75) is 25.0 Å². The quantitative estimate of drug-likeness (QED) is 0.854. The molecule has 0 bridgehead atoms. The summed E-state index contributed by atoms with van der Waals surface area (Å²) in [6, 6.07) is 17.8. The van der Waals surface area contributed by atoms with Gasteiger partial charge in [-0.2, -0.15) is 0 Å². The largest absolute Gasteiger partial charge is 0.468 e. The van der Waals surface area contributed by atoms with Gasteiger partial charge in [0.2, 0.25) is 6.23 Å². The minimum Gasteiger partial charge on any atom is -0.468 e. The smallest absolute Gasteiger partial charge is 0.267 e. The van der Waals surface area contributed by atoms with Crippen LogP contribution in [0.4, 0.5) is 0 Å². The monoisotopic (exact) mass is 329 g/mol. The van der Waals surface area contributed by atoms with Crippen molar-refractivity contribution < 1.29 is 13.2 Å². The average Bonchev–Trinajstić information content (AvgIpc) is 3.03. The molecule has 4 nitrogen and oxygen atoms in total. The SMILES string of the molecule is CC(C)C1=CN(S(=O)(=O)c2ccccc2)C(c2ccccc2)O1. The summed E-state index contributed by atoms with van der Waals surface area (Å²) in [4.78, 5) is 0.255. The van der Waals surface area contributed by atoms with E-state index >= 15 is 0 Å². The van der Waals surface area contributed by atoms with Crippen molar-refractivity contribution in [2.24, 2.45) is 5.92 Å². The van der Waals surface area contributed by atoms with Crippen LogP contribution in [0.1, 0.15) is 25.6 Å². The van der Waals surface area contributed by atoms with Crippen molar-refractivity contribution in [1.82, 2.24) is 4.31 Å². The molecule has 5 heteroatoms. The molecule has 3 rings (SSSR count). The van der Waals surface area contributed by atoms with Gasteiger partial charge in [-0.25, -0.2) is 12.7 Å². The zero-order valence-corrected chi connectivity index (χ0v) is 13.9. The Hall–Kier alpha value is -2.27. The lowest BCUT2D eigenvalue weighted by molar-refractivity contribution is 0.0714. The molecule has 1 unspecified atom stereocenters. The van der Waals surface area contributed by atoms with Crippen LogP contribution in [-0.4, -0.2) is 12.7 Å². The number of sulfonamides is 1. The van der Waals surface area contributed by atoms with E-state index in [1.54, 1.807) is 36.5 Å². The maximum absolute atomic E-state index is 13.0. The molecule has 0 spiro atoms. The third-order valence-electron chi connectivity index (χ3n) is 3.71. The molecule has 120 valence electrons. The summed E-state index contributed by atoms with van der Waals surface area (Å²) in [6.07, 6.45) is 0.934. The zero-order chi connectivity index (χ0) is 16.4. The highest BCUT2D eigenvalue weighted by atomic mass is 32.2. The maximum Gasteiger partial charge on any atom is 0.267 e. The first kappa shape index (κ1) is 15.6. The molecule has 1 atom stereocenters. The van der Waals surface area contributed by atoms with E-state index in [0.29, 0.717) is 5.76 Å². The van der Waals surface area contributed by atoms with Crippen LogP contribution in [0.5, 0.6) is 0 Å². The van der Waals surface area contributed by atoms with Crippen molar-refractivity contribution in [3.63, 3.8) is 0 Å². The molecule has 0 fully saturated rings. The number of hydrogen-bond acceptors (Lipinski definition) is 3. The van der Waals surface area contributed by atoms with Crippen LogP contribution in [-0.2, 0) is 14.8 Å². The van der Waals surface area contributed by atoms with E-state index < -0.39 is 16.3 Å². The van der Waals surface area contributed by atoms with Gasteiger partial charge in [-0.05, 0) is 12.1 Å². The minimum absolute atomic E-state index is 0.109. The van der Waals surface area contributed by atoms with E-state index in [-0.39, 0.29) is 10.8 Å². The summed E-state index contributed by atoms with van der Waals surface area (Å²) >= 11 is 0. The average molecular weight is 329 g/mol. The number of allylic oxidation sites excluding steroid dienone is 1. The molecule has 0 aromatic heterocycles. The van der Waals surface area contributed by atoms with E-state index in [2.05, 4.69) is 0 Å². The van der Waals surface area contributed by atoms with Gasteiger partial charge in [0.15, 0.2) is 0 Å². The predicted octanol–water partition coefficient (Wildman–Crippen LogP) is 3.90. The van der Waals surface area contributed by atoms with Crippen LogP contribution in [0.2, 0.25) is 0 Å². The Labute approximate surface area is 137 Å². The second-order valence-electron chi connectivity index (χ2n) is 5.72. The lowest BCUT2D eigenvalue weighted by Gasteiger charge is -2.24. The first-order chi connectivity index (χ1) is 11.0. The Morgan fingerprint density at radius 3 is 2.09 bits per heavy atom. The summed E-state index contributed by atoms with van der Waals surface area (Å²) in [5.74, 6) is 0.774. The van der Waals surface area contributed by atoms with Gasteiger partial charge in [-0.3, -0.25) is 0 Å². The van der Waals surface area contributed by atoms with Crippen LogP contribution < -0.4 is 0 Å². The Balaban J connectivity index is 2.05. The van der Waals surface area contributed by atoms with Crippen LogP contribution in [0.3, 0.4) is 0 Å². The fourth-order valence-electron chi connectivity index (χ4n) is 2.43. The van der Waals surface area contributed by atoms with Crippen molar-refractivity contribution in [3.05, 3.63) is 78.2 Å². The van der Waals surface area contributed by atoms with Crippen molar-refractivity contribution in [1.29, 1.82) is 0 Å². The minimum atomic E-state index is -3.67. The second kappa shape index (κ2) is 6.08. The van der Waals surface area contributed by atoms with Gasteiger partial charge in [-0.1, -0.05) is 62.4 Å². The van der Waals surface area contributed by atoms with E-state index in [1.165, 1.54) is 4.31 Å². The topological polar surface area (TPSA) is 46.6 Å². The highest BCUT2D eigenvalue weighted by molar-refractivity contribution is 7.89. The van der Waals surface area contributed by atoms with Crippen LogP contribution in [0.15, 0.2) is 77.5 Å². The number of benzene rings is 2. The normalized spacial score (nSPS) is 18.0. The van der Waals surface area contributed by atoms with Gasteiger partial charge >= 0.3 is 0 Å². The molecule has 0 aliphatic carbocycles. The number of rotatable bonds is 4. The van der Waals surface area contributed by atoms with E-state index in [9.17, 15) is 8.42 Å². The number of nitrogens with zero attached hydrogens (tertiary/aromatic N) is 1. The van der Waals surface area contributed by atoms with Gasteiger partial charge in [0.05, 0.1) is 11.1 Å². The van der Waals surface area contributed by atoms with E-state index in [0.717, 1.165) is 5.56 Å². The molecule has 0 saturated heterocycles. The van der Waals surface area contributed by atoms with Gasteiger partial charge in [0.1, 0.15) is 5.76 Å². The van der Waals surface area contributed by atoms with Crippen LogP contribution in [0, 0.1) is 5.92 Å². The van der Waals surface area contributed by atoms with Gasteiger partial charge in [0.25, 0.3) is 10.0 Å². The summed E-state index contributed by atoms with van der Waals surface area (Å²) < 4.78 is 33.2. The molecular weight excluding hydrogens is 310 g/mol. The Morgan fingerprint density at radius 1 is 0.957 bits per heavy atom. The second-order valence-corrected chi connectivity index (χ2v) is 7.56. The molecule has 0 radical (unpaired) electrons. The molecule has 2 aromatic carbocycles. The Bertz CT molecular complexity index is 799. The Morgan fingerprint density at radius 2 is 1.52 bits per heavy atom. The molecule has 0 amide bonds. The van der Waals surface area contributed by atoms with Gasteiger partial charge in [0, 0.05) is 11.5 Å². The predicted molar refractivity (Wildman–Crippen MR) is 88.7 cm³/mol. The van der Waals surface area contributed by atoms with E-state index in [1.807, 2.05) is 44.2 Å². The standard InChI is InChI=1S/C18H19NO3S/c1-14(2)17-13-19(18(22-17)15-9-5-3-6-10-15)23(20,21)16-11-7-4-8-12-16/h3-14,18H,1-2H3. The molecule has 1 aliphatic rings. The first-order valence-corrected chi connectivity index (χ1v) is 8.96. The van der Waals surface area contributed by atoms with E-state index in [4.69, 9.17) is 4.74 Å². The fraction of sp³-hybridized carbons (Fsp3) is 0.222. The molecule has 0 N–H and O–H groups in total. The number of hydrogen-bond donors (Lipinski definition) is 0. The van der Waals surface area contributed by atoms with Crippen LogP contribution in [0.25, 0.3) is 0 Å². The lowest BCUT2D eigenvalue weighted by Crippen LogP contribution is -2.28. The number of ether oxygens (including phenoxy) is 1. The highest BCUT2D eigenvalue weighted by Gasteiger charge is 2.37. The third kappa shape index (κ3) is 2.97. The first-order valence-electron chi connectivity index (χ1n) is 7.52. The summed E-state index contributed by atoms with van der Waals surface area (Å²) in [5, 5.41) is 0. The third-order valence-corrected chi connectivity index (χ3v) is 5.43. The van der Waals surface area contributed by atoms with Crippen molar-refractivity contribution in [3.8, 4) is 0 Å². The molecule has 0 saturated carbocycles.